The molecule has 20 heavy (non-hydrogen) atoms. The first-order valence-electron chi connectivity index (χ1n) is 6.28. The van der Waals surface area contributed by atoms with Crippen LogP contribution in [-0.4, -0.2) is 20.9 Å². The van der Waals surface area contributed by atoms with E-state index >= 15 is 0 Å². The Morgan fingerprint density at radius 3 is 2.85 bits per heavy atom. The average molecular weight is 304 g/mol. The summed E-state index contributed by atoms with van der Waals surface area (Å²) in [5, 5.41) is 11.2. The van der Waals surface area contributed by atoms with Gasteiger partial charge in [-0.05, 0) is 30.0 Å². The van der Waals surface area contributed by atoms with E-state index in [2.05, 4.69) is 22.4 Å². The van der Waals surface area contributed by atoms with Crippen LogP contribution in [0.25, 0.3) is 0 Å². The first kappa shape index (κ1) is 14.7. The Bertz CT molecular complexity index is 587. The fourth-order valence-electron chi connectivity index (χ4n) is 1.82. The lowest BCUT2D eigenvalue weighted by atomic mass is 10.1. The molecule has 0 spiro atoms. The molecule has 0 saturated carbocycles. The highest BCUT2D eigenvalue weighted by atomic mass is 32.2. The molecule has 6 heteroatoms. The number of nitrogens with zero attached hydrogens (tertiary/aromatic N) is 2. The van der Waals surface area contributed by atoms with Crippen LogP contribution < -0.4 is 11.1 Å². The van der Waals surface area contributed by atoms with E-state index in [9.17, 15) is 0 Å². The van der Waals surface area contributed by atoms with E-state index in [1.165, 1.54) is 0 Å². The summed E-state index contributed by atoms with van der Waals surface area (Å²) in [6.45, 7) is 2.69. The van der Waals surface area contributed by atoms with Crippen LogP contribution in [0.3, 0.4) is 0 Å². The first-order valence-corrected chi connectivity index (χ1v) is 7.67. The van der Waals surface area contributed by atoms with Gasteiger partial charge in [-0.3, -0.25) is 0 Å². The van der Waals surface area contributed by atoms with Gasteiger partial charge in [0.1, 0.15) is 4.99 Å². The number of hydrogen-bond donors (Lipinski definition) is 2. The van der Waals surface area contributed by atoms with Gasteiger partial charge in [0.15, 0.2) is 0 Å². The van der Waals surface area contributed by atoms with Gasteiger partial charge in [0.25, 0.3) is 0 Å². The van der Waals surface area contributed by atoms with Gasteiger partial charge < -0.3 is 11.1 Å². The molecule has 0 atom stereocenters. The molecule has 4 nitrogen and oxygen atoms in total. The van der Waals surface area contributed by atoms with E-state index in [0.717, 1.165) is 27.6 Å². The number of anilines is 1. The summed E-state index contributed by atoms with van der Waals surface area (Å²) < 4.78 is 0. The van der Waals surface area contributed by atoms with Crippen molar-refractivity contribution >= 4 is 34.7 Å². The molecule has 0 amide bonds. The number of hydrogen-bond acceptors (Lipinski definition) is 5. The van der Waals surface area contributed by atoms with Crippen molar-refractivity contribution in [2.75, 3.05) is 11.1 Å². The highest BCUT2D eigenvalue weighted by Gasteiger charge is 2.11. The van der Waals surface area contributed by atoms with Crippen molar-refractivity contribution < 1.29 is 0 Å². The minimum Gasteiger partial charge on any atom is -0.389 e. The largest absolute Gasteiger partial charge is 0.389 e. The minimum absolute atomic E-state index is 0.406. The Balaban J connectivity index is 2.22. The Kier molecular flexibility index (Phi) is 5.31. The number of nitrogens with two attached hydrogens (primary N) is 1. The summed E-state index contributed by atoms with van der Waals surface area (Å²) in [5.74, 6) is 0.975. The molecule has 104 valence electrons. The normalized spacial score (nSPS) is 10.2. The quantitative estimate of drug-likeness (QED) is 0.632. The molecule has 0 bridgehead atoms. The van der Waals surface area contributed by atoms with Crippen molar-refractivity contribution in [3.63, 3.8) is 0 Å². The van der Waals surface area contributed by atoms with E-state index in [0.29, 0.717) is 11.5 Å². The number of thioether (sulfide) groups is 1. The number of aromatic nitrogens is 2. The Hall–Kier alpha value is -1.66. The predicted octanol–water partition coefficient (Wildman–Crippen LogP) is 2.83. The summed E-state index contributed by atoms with van der Waals surface area (Å²) in [4.78, 5) is 1.51. The zero-order valence-corrected chi connectivity index (χ0v) is 12.8. The third-order valence-electron chi connectivity index (χ3n) is 2.66. The van der Waals surface area contributed by atoms with Gasteiger partial charge in [-0.15, -0.1) is 11.8 Å². The minimum atomic E-state index is 0.406. The van der Waals surface area contributed by atoms with Crippen molar-refractivity contribution in [2.24, 2.45) is 5.73 Å². The number of nitrogens with one attached hydrogen (secondary N) is 1. The molecule has 0 aliphatic carbocycles. The van der Waals surface area contributed by atoms with Gasteiger partial charge >= 0.3 is 0 Å². The van der Waals surface area contributed by atoms with Crippen LogP contribution in [0.2, 0.25) is 0 Å². The average Bonchev–Trinajstić information content (AvgIpc) is 2.46. The molecule has 1 aromatic carbocycles. The Morgan fingerprint density at radius 2 is 2.20 bits per heavy atom. The molecule has 0 aliphatic heterocycles. The van der Waals surface area contributed by atoms with Crippen LogP contribution in [0, 0.1) is 0 Å². The molecule has 0 fully saturated rings. The molecule has 1 heterocycles. The lowest BCUT2D eigenvalue weighted by Gasteiger charge is -2.14. The van der Waals surface area contributed by atoms with Crippen LogP contribution in [-0.2, 0) is 6.54 Å². The van der Waals surface area contributed by atoms with Crippen molar-refractivity contribution in [3.8, 4) is 0 Å². The molecule has 0 saturated heterocycles. The third kappa shape index (κ3) is 3.68. The first-order chi connectivity index (χ1) is 9.72. The van der Waals surface area contributed by atoms with Gasteiger partial charge in [0.05, 0.1) is 12.2 Å². The zero-order valence-electron chi connectivity index (χ0n) is 11.2. The Morgan fingerprint density at radius 1 is 1.35 bits per heavy atom. The van der Waals surface area contributed by atoms with Gasteiger partial charge in [-0.2, -0.15) is 10.2 Å². The van der Waals surface area contributed by atoms with Gasteiger partial charge in [0.2, 0.25) is 0 Å². The second kappa shape index (κ2) is 7.21. The van der Waals surface area contributed by atoms with E-state index in [4.69, 9.17) is 18.0 Å². The summed E-state index contributed by atoms with van der Waals surface area (Å²) in [7, 11) is 0. The van der Waals surface area contributed by atoms with Crippen LogP contribution >= 0.6 is 24.0 Å². The van der Waals surface area contributed by atoms with E-state index in [1.54, 1.807) is 18.0 Å². The van der Waals surface area contributed by atoms with Gasteiger partial charge in [0, 0.05) is 22.3 Å². The standard InChI is InChI=1S/C14H16N4S2/c1-2-20-12-7-3-6-11(13(12)14(15)19)16-9-10-5-4-8-17-18-10/h3-8,16H,2,9H2,1H3,(H2,15,19). The fourth-order valence-corrected chi connectivity index (χ4v) is 2.96. The maximum absolute atomic E-state index is 5.86. The molecular weight excluding hydrogens is 288 g/mol. The van der Waals surface area contributed by atoms with E-state index in [1.807, 2.05) is 30.3 Å². The van der Waals surface area contributed by atoms with E-state index < -0.39 is 0 Å². The lowest BCUT2D eigenvalue weighted by molar-refractivity contribution is 0.924. The van der Waals surface area contributed by atoms with Crippen LogP contribution in [0.4, 0.5) is 5.69 Å². The monoisotopic (exact) mass is 304 g/mol. The van der Waals surface area contributed by atoms with Crippen molar-refractivity contribution in [2.45, 2.75) is 18.4 Å². The molecular formula is C14H16N4S2. The molecule has 0 aliphatic rings. The van der Waals surface area contributed by atoms with Crippen molar-refractivity contribution in [1.82, 2.24) is 10.2 Å². The maximum atomic E-state index is 5.86. The van der Waals surface area contributed by atoms with Gasteiger partial charge in [-0.25, -0.2) is 0 Å². The third-order valence-corrected chi connectivity index (χ3v) is 3.80. The highest BCUT2D eigenvalue weighted by Crippen LogP contribution is 2.28. The summed E-state index contributed by atoms with van der Waals surface area (Å²) >= 11 is 6.91. The maximum Gasteiger partial charge on any atom is 0.107 e. The molecule has 0 radical (unpaired) electrons. The van der Waals surface area contributed by atoms with Crippen molar-refractivity contribution in [3.05, 3.63) is 47.8 Å². The SMILES string of the molecule is CCSc1cccc(NCc2cccnn2)c1C(N)=S. The smallest absolute Gasteiger partial charge is 0.107 e. The van der Waals surface area contributed by atoms with Crippen molar-refractivity contribution in [1.29, 1.82) is 0 Å². The fraction of sp³-hybridized carbons (Fsp3) is 0.214. The topological polar surface area (TPSA) is 63.8 Å². The molecule has 3 N–H and O–H groups in total. The van der Waals surface area contributed by atoms with Crippen LogP contribution in [0.15, 0.2) is 41.4 Å². The van der Waals surface area contributed by atoms with Crippen LogP contribution in [0.1, 0.15) is 18.2 Å². The zero-order chi connectivity index (χ0) is 14.4. The second-order valence-corrected chi connectivity index (χ2v) is 5.79. The number of rotatable bonds is 6. The molecule has 2 rings (SSSR count). The van der Waals surface area contributed by atoms with Crippen LogP contribution in [0.5, 0.6) is 0 Å². The molecule has 1 aromatic heterocycles. The number of benzene rings is 1. The van der Waals surface area contributed by atoms with Gasteiger partial charge in [-0.1, -0.05) is 25.2 Å². The summed E-state index contributed by atoms with van der Waals surface area (Å²) in [6, 6.07) is 9.80. The summed E-state index contributed by atoms with van der Waals surface area (Å²) in [5.41, 5.74) is 8.57. The predicted molar refractivity (Wildman–Crippen MR) is 88.1 cm³/mol. The number of thiocarbonyl (C=S) groups is 1. The molecule has 0 unspecified atom stereocenters. The molecule has 2 aromatic rings. The lowest BCUT2D eigenvalue weighted by Crippen LogP contribution is -2.15. The summed E-state index contributed by atoms with van der Waals surface area (Å²) in [6.07, 6.45) is 1.66. The second-order valence-electron chi connectivity index (χ2n) is 4.04. The van der Waals surface area contributed by atoms with E-state index in [-0.39, 0.29) is 0 Å². The highest BCUT2D eigenvalue weighted by molar-refractivity contribution is 7.99. The Labute approximate surface area is 128 Å².